The summed E-state index contributed by atoms with van der Waals surface area (Å²) in [5.74, 6) is -1.16. The van der Waals surface area contributed by atoms with Gasteiger partial charge in [0.25, 0.3) is 5.91 Å². The summed E-state index contributed by atoms with van der Waals surface area (Å²) in [5.41, 5.74) is 9.96. The summed E-state index contributed by atoms with van der Waals surface area (Å²) >= 11 is 0. The van der Waals surface area contributed by atoms with Crippen LogP contribution in [0.3, 0.4) is 0 Å². The summed E-state index contributed by atoms with van der Waals surface area (Å²) in [6.07, 6.45) is 3.66. The van der Waals surface area contributed by atoms with Crippen LogP contribution < -0.4 is 0 Å². The van der Waals surface area contributed by atoms with Crippen molar-refractivity contribution < 1.29 is 14.7 Å². The van der Waals surface area contributed by atoms with Gasteiger partial charge in [-0.1, -0.05) is 35.5 Å². The maximum absolute atomic E-state index is 13.8. The van der Waals surface area contributed by atoms with Gasteiger partial charge in [0, 0.05) is 43.5 Å². The van der Waals surface area contributed by atoms with Crippen molar-refractivity contribution in [1.82, 2.24) is 24.5 Å². The van der Waals surface area contributed by atoms with Crippen LogP contribution >= 0.6 is 0 Å². The van der Waals surface area contributed by atoms with E-state index in [-0.39, 0.29) is 18.2 Å². The maximum Gasteiger partial charge on any atom is 0.304 e. The molecule has 0 spiro atoms. The van der Waals surface area contributed by atoms with E-state index in [0.29, 0.717) is 18.8 Å². The molecule has 41 heavy (non-hydrogen) atoms. The van der Waals surface area contributed by atoms with Crippen LogP contribution in [0.15, 0.2) is 54.6 Å². The fourth-order valence-electron chi connectivity index (χ4n) is 6.79. The van der Waals surface area contributed by atoms with Gasteiger partial charge in [-0.2, -0.15) is 0 Å². The molecule has 0 saturated heterocycles. The Balaban J connectivity index is 1.36. The molecule has 5 aromatic rings. The van der Waals surface area contributed by atoms with Gasteiger partial charge >= 0.3 is 5.97 Å². The van der Waals surface area contributed by atoms with Crippen LogP contribution in [0.25, 0.3) is 21.9 Å². The lowest BCUT2D eigenvalue weighted by Gasteiger charge is -2.30. The summed E-state index contributed by atoms with van der Waals surface area (Å²) in [6.45, 7) is 3.94. The first-order valence-electron chi connectivity index (χ1n) is 14.4. The minimum atomic E-state index is -0.850. The topological polar surface area (TPSA) is 93.3 Å². The van der Waals surface area contributed by atoms with Gasteiger partial charge in [-0.05, 0) is 90.3 Å². The van der Waals surface area contributed by atoms with Gasteiger partial charge in [0.15, 0.2) is 0 Å². The number of carbonyl (C=O) groups excluding carboxylic acids is 1. The van der Waals surface area contributed by atoms with E-state index in [1.54, 1.807) is 0 Å². The van der Waals surface area contributed by atoms with Gasteiger partial charge in [0.05, 0.1) is 11.9 Å². The highest BCUT2D eigenvalue weighted by atomic mass is 16.4. The number of aliphatic carboxylic acids is 1. The van der Waals surface area contributed by atoms with Gasteiger partial charge < -0.3 is 14.6 Å². The Morgan fingerprint density at radius 2 is 1.83 bits per heavy atom. The minimum Gasteiger partial charge on any atom is -0.481 e. The number of fused-ring (bicyclic) bond motifs is 4. The second-order valence-electron chi connectivity index (χ2n) is 11.6. The molecule has 8 rings (SSSR count). The van der Waals surface area contributed by atoms with Crippen molar-refractivity contribution in [1.29, 1.82) is 0 Å². The van der Waals surface area contributed by atoms with E-state index in [0.717, 1.165) is 76.4 Å². The third kappa shape index (κ3) is 4.38. The number of hydrogen-bond acceptors (Lipinski definition) is 4. The number of aryl methyl sites for hydroxylation is 4. The number of carbonyl (C=O) groups is 2. The second-order valence-corrected chi connectivity index (χ2v) is 11.6. The van der Waals surface area contributed by atoms with Crippen LogP contribution in [0, 0.1) is 6.92 Å². The van der Waals surface area contributed by atoms with E-state index in [1.807, 2.05) is 46.3 Å². The first-order chi connectivity index (χ1) is 19.9. The van der Waals surface area contributed by atoms with E-state index in [2.05, 4.69) is 46.7 Å². The first-order valence-corrected chi connectivity index (χ1v) is 14.4. The molecule has 1 unspecified atom stereocenters. The lowest BCUT2D eigenvalue weighted by Crippen LogP contribution is -2.36. The van der Waals surface area contributed by atoms with Gasteiger partial charge in [0.1, 0.15) is 11.2 Å². The molecule has 10 bridgehead atoms. The smallest absolute Gasteiger partial charge is 0.304 e. The highest BCUT2D eigenvalue weighted by Crippen LogP contribution is 2.35. The van der Waals surface area contributed by atoms with Crippen LogP contribution in [-0.2, 0) is 37.8 Å². The van der Waals surface area contributed by atoms with Crippen molar-refractivity contribution >= 4 is 33.8 Å². The molecular weight excluding hydrogens is 514 g/mol. The van der Waals surface area contributed by atoms with Crippen LogP contribution in [0.1, 0.15) is 69.0 Å². The lowest BCUT2D eigenvalue weighted by atomic mass is 9.83. The molecule has 3 aliphatic rings. The van der Waals surface area contributed by atoms with Crippen molar-refractivity contribution in [2.24, 2.45) is 7.05 Å². The third-order valence-electron chi connectivity index (χ3n) is 9.08. The molecule has 2 aromatic heterocycles. The Morgan fingerprint density at radius 3 is 2.68 bits per heavy atom. The largest absolute Gasteiger partial charge is 0.481 e. The summed E-state index contributed by atoms with van der Waals surface area (Å²) in [5, 5.41) is 20.0. The molecule has 1 atom stereocenters. The average Bonchev–Trinajstić information content (AvgIpc) is 3.54. The van der Waals surface area contributed by atoms with Gasteiger partial charge in [-0.25, -0.2) is 4.68 Å². The summed E-state index contributed by atoms with van der Waals surface area (Å²) < 4.78 is 3.97. The average molecular weight is 548 g/mol. The molecule has 8 nitrogen and oxygen atoms in total. The molecule has 3 aromatic carbocycles. The van der Waals surface area contributed by atoms with Crippen molar-refractivity contribution in [3.63, 3.8) is 0 Å². The molecule has 1 amide bonds. The number of carboxylic acid groups (broad SMARTS) is 1. The Hall–Kier alpha value is -4.46. The fourth-order valence-corrected chi connectivity index (χ4v) is 6.79. The van der Waals surface area contributed by atoms with Crippen molar-refractivity contribution in [2.45, 2.75) is 58.0 Å². The molecule has 208 valence electrons. The number of amides is 1. The van der Waals surface area contributed by atoms with E-state index >= 15 is 0 Å². The predicted octanol–water partition coefficient (Wildman–Crippen LogP) is 5.37. The van der Waals surface area contributed by atoms with Gasteiger partial charge in [0.2, 0.25) is 0 Å². The zero-order chi connectivity index (χ0) is 28.2. The molecular formula is C33H33N5O3. The highest BCUT2D eigenvalue weighted by molar-refractivity contribution is 5.99. The monoisotopic (exact) mass is 547 g/mol. The van der Waals surface area contributed by atoms with Crippen LogP contribution in [-0.4, -0.2) is 48.0 Å². The quantitative estimate of drug-likeness (QED) is 0.321. The second kappa shape index (κ2) is 9.87. The molecule has 0 fully saturated rings. The first kappa shape index (κ1) is 25.5. The van der Waals surface area contributed by atoms with Gasteiger partial charge in [-0.3, -0.25) is 9.59 Å². The maximum atomic E-state index is 13.8. The van der Waals surface area contributed by atoms with Crippen LogP contribution in [0.5, 0.6) is 0 Å². The number of aromatic nitrogens is 4. The number of rotatable bonds is 2. The van der Waals surface area contributed by atoms with E-state index < -0.39 is 5.97 Å². The third-order valence-corrected chi connectivity index (χ3v) is 9.08. The summed E-state index contributed by atoms with van der Waals surface area (Å²) in [7, 11) is 1.96. The number of hydrogen-bond donors (Lipinski definition) is 1. The molecule has 0 aliphatic carbocycles. The molecule has 5 heterocycles. The number of nitrogens with zero attached hydrogens (tertiary/aromatic N) is 5. The zero-order valence-electron chi connectivity index (χ0n) is 23.4. The Morgan fingerprint density at radius 1 is 0.976 bits per heavy atom. The standard InChI is InChI=1S/C33H33N5O3/c1-20-26-9-11-29-32(20)34-35-38(29)13-4-3-5-21-6-10-28-24(15-21)17-30(36(28)2)33(41)37-14-12-22-7-8-23(16-25(22)19-37)27(26)18-31(39)40/h6-11,15-17,27H,3-5,12-14,18-19H2,1-2H3,(H,39,40). The van der Waals surface area contributed by atoms with Crippen molar-refractivity contribution in [2.75, 3.05) is 6.54 Å². The van der Waals surface area contributed by atoms with E-state index in [4.69, 9.17) is 0 Å². The van der Waals surface area contributed by atoms with Crippen molar-refractivity contribution in [3.8, 4) is 0 Å². The highest BCUT2D eigenvalue weighted by Gasteiger charge is 2.27. The Labute approximate surface area is 238 Å². The molecule has 1 N–H and O–H groups in total. The Bertz CT molecular complexity index is 1850. The zero-order valence-corrected chi connectivity index (χ0v) is 23.4. The summed E-state index contributed by atoms with van der Waals surface area (Å²) in [6, 6.07) is 18.9. The molecule has 8 heteroatoms. The van der Waals surface area contributed by atoms with Crippen LogP contribution in [0.4, 0.5) is 0 Å². The molecule has 0 saturated carbocycles. The predicted molar refractivity (Wildman–Crippen MR) is 157 cm³/mol. The molecule has 3 aliphatic heterocycles. The minimum absolute atomic E-state index is 0.0259. The molecule has 0 radical (unpaired) electrons. The van der Waals surface area contributed by atoms with Crippen molar-refractivity contribution in [3.05, 3.63) is 93.7 Å². The number of benzene rings is 3. The van der Waals surface area contributed by atoms with Crippen LogP contribution in [0.2, 0.25) is 0 Å². The Kier molecular flexibility index (Phi) is 6.14. The lowest BCUT2D eigenvalue weighted by molar-refractivity contribution is -0.137. The van der Waals surface area contributed by atoms with Gasteiger partial charge in [-0.15, -0.1) is 5.10 Å². The van der Waals surface area contributed by atoms with E-state index in [9.17, 15) is 14.7 Å². The fraction of sp³-hybridized carbons (Fsp3) is 0.333. The number of carboxylic acids is 1. The summed E-state index contributed by atoms with van der Waals surface area (Å²) in [4.78, 5) is 27.8. The SMILES string of the molecule is Cc1c2ccc3c1nnn3CCCCc1ccc3c(c1)cc(n3C)C(=O)N1CCc3ccc(cc3C1)C2CC(=O)O. The normalized spacial score (nSPS) is 17.4. The van der Waals surface area contributed by atoms with E-state index in [1.165, 1.54) is 11.1 Å².